The zero-order chi connectivity index (χ0) is 18.8. The van der Waals surface area contributed by atoms with Crippen LogP contribution in [-0.4, -0.2) is 9.78 Å². The molecule has 0 atom stereocenters. The number of benzene rings is 1. The summed E-state index contributed by atoms with van der Waals surface area (Å²) in [7, 11) is -9.95. The molecule has 0 amide bonds. The van der Waals surface area contributed by atoms with E-state index in [-0.39, 0.29) is 35.2 Å². The Labute approximate surface area is 148 Å². The van der Waals surface area contributed by atoms with Crippen LogP contribution in [0.25, 0.3) is 5.69 Å². The molecule has 12 heteroatoms. The molecular formula is C13H9Cl2F5N4S. The Balaban J connectivity index is 2.23. The second-order valence-corrected chi connectivity index (χ2v) is 8.87. The molecule has 1 heterocycles. The van der Waals surface area contributed by atoms with Crippen LogP contribution >= 0.6 is 33.4 Å². The van der Waals surface area contributed by atoms with Crippen LogP contribution in [0, 0.1) is 11.3 Å². The molecule has 0 spiro atoms. The lowest BCUT2D eigenvalue weighted by atomic mass is 10.1. The maximum absolute atomic E-state index is 13.0. The van der Waals surface area contributed by atoms with Crippen molar-refractivity contribution in [3.8, 4) is 11.8 Å². The summed E-state index contributed by atoms with van der Waals surface area (Å²) in [5.41, 5.74) is 6.08. The molecule has 1 aliphatic carbocycles. The van der Waals surface area contributed by atoms with Gasteiger partial charge in [0.2, 0.25) is 0 Å². The highest BCUT2D eigenvalue weighted by Gasteiger charge is 2.65. The Morgan fingerprint density at radius 2 is 1.68 bits per heavy atom. The maximum Gasteiger partial charge on any atom is 0.310 e. The third-order valence-electron chi connectivity index (χ3n) is 3.70. The van der Waals surface area contributed by atoms with E-state index < -0.39 is 25.2 Å². The average Bonchev–Trinajstić information content (AvgIpc) is 3.21. The van der Waals surface area contributed by atoms with Gasteiger partial charge in [0, 0.05) is 5.56 Å². The van der Waals surface area contributed by atoms with Crippen molar-refractivity contribution in [1.82, 2.24) is 9.78 Å². The smallest absolute Gasteiger partial charge is 0.310 e. The fraction of sp³-hybridized carbons (Fsp3) is 0.231. The second-order valence-electron chi connectivity index (χ2n) is 5.65. The van der Waals surface area contributed by atoms with Gasteiger partial charge in [-0.25, -0.2) is 4.68 Å². The first kappa shape index (κ1) is 18.1. The first-order valence-electron chi connectivity index (χ1n) is 6.75. The summed E-state index contributed by atoms with van der Waals surface area (Å²) >= 11 is 11.5. The number of nitrogen functional groups attached to an aromatic ring is 1. The van der Waals surface area contributed by atoms with Gasteiger partial charge in [-0.05, 0) is 30.9 Å². The number of nitriles is 1. The van der Waals surface area contributed by atoms with E-state index in [1.54, 1.807) is 0 Å². The minimum absolute atomic E-state index is 0.0103. The van der Waals surface area contributed by atoms with Crippen molar-refractivity contribution < 1.29 is 19.4 Å². The van der Waals surface area contributed by atoms with E-state index in [4.69, 9.17) is 34.2 Å². The van der Waals surface area contributed by atoms with Crippen LogP contribution in [0.1, 0.15) is 30.0 Å². The van der Waals surface area contributed by atoms with Crippen molar-refractivity contribution in [3.05, 3.63) is 33.4 Å². The predicted octanol–water partition coefficient (Wildman–Crippen LogP) is 6.17. The molecule has 1 aromatic carbocycles. The summed E-state index contributed by atoms with van der Waals surface area (Å²) in [5, 5.41) is 11.6. The van der Waals surface area contributed by atoms with Crippen LogP contribution in [-0.2, 0) is 0 Å². The molecule has 0 aliphatic heterocycles. The molecule has 0 bridgehead atoms. The number of halogens is 7. The molecule has 0 saturated heterocycles. The van der Waals surface area contributed by atoms with Gasteiger partial charge < -0.3 is 5.73 Å². The summed E-state index contributed by atoms with van der Waals surface area (Å²) in [6.45, 7) is 0. The van der Waals surface area contributed by atoms with Gasteiger partial charge in [0.05, 0.1) is 10.0 Å². The Bertz CT molecular complexity index is 922. The summed E-state index contributed by atoms with van der Waals surface area (Å²) in [5.74, 6) is 0.00728. The number of anilines is 1. The van der Waals surface area contributed by atoms with E-state index >= 15 is 0 Å². The zero-order valence-electron chi connectivity index (χ0n) is 12.1. The number of nitrogens with two attached hydrogens (primary N) is 1. The Kier molecular flexibility index (Phi) is 3.42. The summed E-state index contributed by atoms with van der Waals surface area (Å²) in [6, 6.07) is 2.00. The first-order chi connectivity index (χ1) is 11.2. The van der Waals surface area contributed by atoms with Crippen LogP contribution in [0.4, 0.5) is 25.2 Å². The fourth-order valence-corrected chi connectivity index (χ4v) is 3.90. The van der Waals surface area contributed by atoms with Gasteiger partial charge in [-0.3, -0.25) is 0 Å². The van der Waals surface area contributed by atoms with Crippen molar-refractivity contribution in [3.63, 3.8) is 0 Å². The van der Waals surface area contributed by atoms with Crippen LogP contribution in [0.15, 0.2) is 17.0 Å². The molecule has 4 nitrogen and oxygen atoms in total. The van der Waals surface area contributed by atoms with Gasteiger partial charge >= 0.3 is 10.2 Å². The van der Waals surface area contributed by atoms with E-state index in [0.717, 1.165) is 17.5 Å². The number of nitrogens with zero attached hydrogens (tertiary/aromatic N) is 3. The van der Waals surface area contributed by atoms with E-state index in [1.165, 1.54) is 0 Å². The monoisotopic (exact) mass is 418 g/mol. The van der Waals surface area contributed by atoms with Crippen molar-refractivity contribution in [2.75, 3.05) is 5.73 Å². The third-order valence-corrected chi connectivity index (χ3v) is 5.40. The van der Waals surface area contributed by atoms with Gasteiger partial charge in [-0.2, -0.15) is 10.4 Å². The highest BCUT2D eigenvalue weighted by atomic mass is 35.5. The van der Waals surface area contributed by atoms with E-state index in [2.05, 4.69) is 5.10 Å². The van der Waals surface area contributed by atoms with Gasteiger partial charge in [0.25, 0.3) is 0 Å². The number of aromatic nitrogens is 2. The van der Waals surface area contributed by atoms with E-state index in [9.17, 15) is 19.4 Å². The van der Waals surface area contributed by atoms with Crippen LogP contribution in [0.2, 0.25) is 10.0 Å². The molecule has 1 fully saturated rings. The molecule has 3 rings (SSSR count). The van der Waals surface area contributed by atoms with Crippen LogP contribution < -0.4 is 5.73 Å². The summed E-state index contributed by atoms with van der Waals surface area (Å²) in [4.78, 5) is -2.22. The van der Waals surface area contributed by atoms with Crippen molar-refractivity contribution >= 4 is 39.2 Å². The third kappa shape index (κ3) is 3.23. The van der Waals surface area contributed by atoms with Gasteiger partial charge in [0.1, 0.15) is 22.5 Å². The quantitative estimate of drug-likeness (QED) is 0.606. The summed E-state index contributed by atoms with van der Waals surface area (Å²) < 4.78 is 65.7. The van der Waals surface area contributed by atoms with Gasteiger partial charge in [0.15, 0.2) is 5.69 Å². The largest absolute Gasteiger partial charge is 0.383 e. The molecule has 136 valence electrons. The highest BCUT2D eigenvalue weighted by Crippen LogP contribution is 3.02. The summed E-state index contributed by atoms with van der Waals surface area (Å²) in [6.07, 6.45) is 1.57. The number of rotatable bonds is 3. The Morgan fingerprint density at radius 3 is 2.08 bits per heavy atom. The minimum atomic E-state index is -9.95. The lowest BCUT2D eigenvalue weighted by Crippen LogP contribution is -2.09. The van der Waals surface area contributed by atoms with Gasteiger partial charge in [-0.1, -0.05) is 42.6 Å². The molecule has 0 unspecified atom stereocenters. The molecular weight excluding hydrogens is 410 g/mol. The molecule has 1 aromatic heterocycles. The molecule has 1 saturated carbocycles. The van der Waals surface area contributed by atoms with Crippen molar-refractivity contribution in [2.24, 2.45) is 0 Å². The maximum atomic E-state index is 13.0. The molecule has 2 N–H and O–H groups in total. The SMILES string of the molecule is N#Cc1nn(-c2c(Cl)cc(S(F)(F)(F)(F)F)cc2Cl)c(N)c1C1CC1. The fourth-order valence-electron chi connectivity index (χ4n) is 2.44. The zero-order valence-corrected chi connectivity index (χ0v) is 14.4. The average molecular weight is 419 g/mol. The topological polar surface area (TPSA) is 67.6 Å². The number of hydrogen-bond donors (Lipinski definition) is 1. The van der Waals surface area contributed by atoms with E-state index in [1.807, 2.05) is 6.07 Å². The molecule has 0 radical (unpaired) electrons. The molecule has 2 aromatic rings. The van der Waals surface area contributed by atoms with Gasteiger partial charge in [-0.15, -0.1) is 0 Å². The van der Waals surface area contributed by atoms with E-state index in [0.29, 0.717) is 5.56 Å². The Morgan fingerprint density at radius 1 is 1.16 bits per heavy atom. The first-order valence-corrected chi connectivity index (χ1v) is 9.45. The molecule has 25 heavy (non-hydrogen) atoms. The van der Waals surface area contributed by atoms with Crippen molar-refractivity contribution in [2.45, 2.75) is 23.7 Å². The standard InChI is InChI=1S/C13H9Cl2F5N4S/c14-8-3-7(25(16,17,18,19)20)4-9(15)12(8)24-13(22)11(6-1-2-6)10(5-21)23-24/h3-4,6H,1-2,22H2. The predicted molar refractivity (Wildman–Crippen MR) is 86.1 cm³/mol. The lowest BCUT2D eigenvalue weighted by Gasteiger charge is -2.40. The lowest BCUT2D eigenvalue weighted by molar-refractivity contribution is 0.364. The van der Waals surface area contributed by atoms with Crippen LogP contribution in [0.5, 0.6) is 0 Å². The van der Waals surface area contributed by atoms with Crippen LogP contribution in [0.3, 0.4) is 0 Å². The normalized spacial score (nSPS) is 17.7. The van der Waals surface area contributed by atoms with Crippen molar-refractivity contribution in [1.29, 1.82) is 5.26 Å². The Hall–Kier alpha value is -1.70. The number of hydrogen-bond acceptors (Lipinski definition) is 3. The second kappa shape index (κ2) is 4.72. The highest BCUT2D eigenvalue weighted by molar-refractivity contribution is 8.45. The minimum Gasteiger partial charge on any atom is -0.383 e. The molecule has 1 aliphatic rings.